The quantitative estimate of drug-likeness (QED) is 0.770. The number of methoxy groups -OCH3 is 2. The van der Waals surface area contributed by atoms with Crippen molar-refractivity contribution in [3.8, 4) is 11.5 Å². The SMILES string of the molecule is CCC(C)C1COC(c2cccn2Cc2cccc(OC)c2OC)=N1. The molecule has 0 N–H and O–H groups in total. The fraction of sp³-hybridized carbons (Fsp3) is 0.450. The summed E-state index contributed by atoms with van der Waals surface area (Å²) in [6.07, 6.45) is 3.14. The minimum atomic E-state index is 0.245. The van der Waals surface area contributed by atoms with E-state index in [1.165, 1.54) is 0 Å². The van der Waals surface area contributed by atoms with Crippen molar-refractivity contribution in [1.82, 2.24) is 4.57 Å². The predicted octanol–water partition coefficient (Wildman–Crippen LogP) is 3.75. The van der Waals surface area contributed by atoms with Gasteiger partial charge in [0.25, 0.3) is 0 Å². The van der Waals surface area contributed by atoms with Crippen molar-refractivity contribution in [3.05, 3.63) is 47.8 Å². The van der Waals surface area contributed by atoms with Crippen molar-refractivity contribution in [3.63, 3.8) is 0 Å². The highest BCUT2D eigenvalue weighted by atomic mass is 16.5. The zero-order valence-corrected chi connectivity index (χ0v) is 15.4. The minimum absolute atomic E-state index is 0.245. The smallest absolute Gasteiger partial charge is 0.233 e. The second-order valence-corrected chi connectivity index (χ2v) is 6.37. The summed E-state index contributed by atoms with van der Waals surface area (Å²) in [5.41, 5.74) is 2.05. The Hall–Kier alpha value is -2.43. The van der Waals surface area contributed by atoms with Gasteiger partial charge in [-0.05, 0) is 24.1 Å². The molecule has 0 spiro atoms. The van der Waals surface area contributed by atoms with Gasteiger partial charge < -0.3 is 18.8 Å². The second-order valence-electron chi connectivity index (χ2n) is 6.37. The van der Waals surface area contributed by atoms with Crippen molar-refractivity contribution < 1.29 is 14.2 Å². The van der Waals surface area contributed by atoms with Gasteiger partial charge in [-0.25, -0.2) is 4.99 Å². The molecule has 0 aliphatic carbocycles. The zero-order chi connectivity index (χ0) is 17.8. The van der Waals surface area contributed by atoms with Crippen LogP contribution in [0.5, 0.6) is 11.5 Å². The third kappa shape index (κ3) is 3.50. The Morgan fingerprint density at radius 2 is 2.08 bits per heavy atom. The summed E-state index contributed by atoms with van der Waals surface area (Å²) in [6, 6.07) is 10.2. The Labute approximate surface area is 149 Å². The summed E-state index contributed by atoms with van der Waals surface area (Å²) < 4.78 is 19.0. The van der Waals surface area contributed by atoms with Gasteiger partial charge >= 0.3 is 0 Å². The van der Waals surface area contributed by atoms with E-state index in [9.17, 15) is 0 Å². The van der Waals surface area contributed by atoms with Crippen LogP contribution < -0.4 is 9.47 Å². The molecule has 1 aromatic heterocycles. The number of nitrogens with zero attached hydrogens (tertiary/aromatic N) is 2. The standard InChI is InChI=1S/C20H26N2O3/c1-5-14(2)16-13-25-20(21-16)17-9-7-11-22(17)12-15-8-6-10-18(23-3)19(15)24-4/h6-11,14,16H,5,12-13H2,1-4H3. The van der Waals surface area contributed by atoms with Gasteiger partial charge in [0.05, 0.1) is 26.8 Å². The van der Waals surface area contributed by atoms with E-state index >= 15 is 0 Å². The maximum absolute atomic E-state index is 5.89. The molecule has 1 aliphatic heterocycles. The Morgan fingerprint density at radius 3 is 2.80 bits per heavy atom. The summed E-state index contributed by atoms with van der Waals surface area (Å²) >= 11 is 0. The maximum Gasteiger partial charge on any atom is 0.233 e. The molecular weight excluding hydrogens is 316 g/mol. The van der Waals surface area contributed by atoms with Crippen LogP contribution in [0.2, 0.25) is 0 Å². The van der Waals surface area contributed by atoms with Gasteiger partial charge in [0.2, 0.25) is 5.90 Å². The molecule has 2 unspecified atom stereocenters. The third-order valence-electron chi connectivity index (χ3n) is 4.85. The van der Waals surface area contributed by atoms with Crippen LogP contribution in [0.15, 0.2) is 41.5 Å². The normalized spacial score (nSPS) is 17.8. The van der Waals surface area contributed by atoms with E-state index in [0.29, 0.717) is 19.1 Å². The summed E-state index contributed by atoms with van der Waals surface area (Å²) in [7, 11) is 3.32. The highest BCUT2D eigenvalue weighted by molar-refractivity contribution is 5.93. The van der Waals surface area contributed by atoms with Gasteiger partial charge in [-0.3, -0.25) is 0 Å². The number of hydrogen-bond donors (Lipinski definition) is 0. The van der Waals surface area contributed by atoms with Crippen LogP contribution in [0.25, 0.3) is 0 Å². The van der Waals surface area contributed by atoms with E-state index in [1.54, 1.807) is 14.2 Å². The number of ether oxygens (including phenoxy) is 3. The molecule has 5 heteroatoms. The van der Waals surface area contributed by atoms with E-state index in [1.807, 2.05) is 36.5 Å². The zero-order valence-electron chi connectivity index (χ0n) is 15.4. The lowest BCUT2D eigenvalue weighted by atomic mass is 10.0. The van der Waals surface area contributed by atoms with Gasteiger partial charge in [0, 0.05) is 11.8 Å². The van der Waals surface area contributed by atoms with Crippen molar-refractivity contribution >= 4 is 5.90 Å². The number of aliphatic imine (C=N–C) groups is 1. The molecule has 5 nitrogen and oxygen atoms in total. The fourth-order valence-electron chi connectivity index (χ4n) is 3.10. The van der Waals surface area contributed by atoms with Crippen molar-refractivity contribution in [1.29, 1.82) is 0 Å². The first-order valence-corrected chi connectivity index (χ1v) is 8.73. The van der Waals surface area contributed by atoms with Gasteiger partial charge in [-0.2, -0.15) is 0 Å². The van der Waals surface area contributed by atoms with Gasteiger partial charge in [0.15, 0.2) is 11.5 Å². The molecule has 2 atom stereocenters. The Bertz CT molecular complexity index is 751. The van der Waals surface area contributed by atoms with Crippen molar-refractivity contribution in [2.45, 2.75) is 32.9 Å². The number of benzene rings is 1. The number of hydrogen-bond acceptors (Lipinski definition) is 4. The summed E-state index contributed by atoms with van der Waals surface area (Å²) in [4.78, 5) is 4.80. The third-order valence-corrected chi connectivity index (χ3v) is 4.85. The van der Waals surface area contributed by atoms with Crippen molar-refractivity contribution in [2.75, 3.05) is 20.8 Å². The molecule has 0 saturated carbocycles. The number of rotatable bonds is 7. The summed E-state index contributed by atoms with van der Waals surface area (Å²) in [5.74, 6) is 2.76. The molecule has 2 aromatic rings. The van der Waals surface area contributed by atoms with Gasteiger partial charge in [0.1, 0.15) is 12.3 Å². The minimum Gasteiger partial charge on any atom is -0.493 e. The molecule has 0 bridgehead atoms. The summed E-state index contributed by atoms with van der Waals surface area (Å²) in [6.45, 7) is 5.74. The molecule has 0 amide bonds. The lowest BCUT2D eigenvalue weighted by Crippen LogP contribution is -2.16. The first-order valence-electron chi connectivity index (χ1n) is 8.73. The topological polar surface area (TPSA) is 45.0 Å². The second kappa shape index (κ2) is 7.64. The van der Waals surface area contributed by atoms with Crippen LogP contribution in [0.4, 0.5) is 0 Å². The lowest BCUT2D eigenvalue weighted by Gasteiger charge is -2.14. The molecule has 0 fully saturated rings. The van der Waals surface area contributed by atoms with E-state index in [-0.39, 0.29) is 6.04 Å². The fourth-order valence-corrected chi connectivity index (χ4v) is 3.10. The maximum atomic E-state index is 5.89. The molecule has 134 valence electrons. The van der Waals surface area contributed by atoms with E-state index in [0.717, 1.165) is 35.1 Å². The number of para-hydroxylation sites is 1. The van der Waals surface area contributed by atoms with Crippen LogP contribution in [0, 0.1) is 5.92 Å². The predicted molar refractivity (Wildman–Crippen MR) is 98.8 cm³/mol. The van der Waals surface area contributed by atoms with Crippen LogP contribution in [-0.2, 0) is 11.3 Å². The highest BCUT2D eigenvalue weighted by Crippen LogP contribution is 2.31. The average molecular weight is 342 g/mol. The average Bonchev–Trinajstić information content (AvgIpc) is 3.29. The van der Waals surface area contributed by atoms with Gasteiger partial charge in [-0.15, -0.1) is 0 Å². The van der Waals surface area contributed by atoms with Crippen molar-refractivity contribution in [2.24, 2.45) is 10.9 Å². The molecular formula is C20H26N2O3. The first kappa shape index (κ1) is 17.4. The molecule has 0 radical (unpaired) electrons. The Balaban J connectivity index is 1.87. The largest absolute Gasteiger partial charge is 0.493 e. The van der Waals surface area contributed by atoms with E-state index in [2.05, 4.69) is 18.4 Å². The number of aromatic nitrogens is 1. The van der Waals surface area contributed by atoms with E-state index < -0.39 is 0 Å². The van der Waals surface area contributed by atoms with Crippen LogP contribution >= 0.6 is 0 Å². The molecule has 25 heavy (non-hydrogen) atoms. The Morgan fingerprint density at radius 1 is 1.24 bits per heavy atom. The molecule has 1 aliphatic rings. The molecule has 2 heterocycles. The molecule has 0 saturated heterocycles. The monoisotopic (exact) mass is 342 g/mol. The lowest BCUT2D eigenvalue weighted by molar-refractivity contribution is 0.281. The first-order chi connectivity index (χ1) is 12.2. The van der Waals surface area contributed by atoms with Crippen LogP contribution in [0.3, 0.4) is 0 Å². The molecule has 1 aromatic carbocycles. The van der Waals surface area contributed by atoms with Gasteiger partial charge in [-0.1, -0.05) is 32.4 Å². The molecule has 3 rings (SSSR count). The van der Waals surface area contributed by atoms with Crippen LogP contribution in [0.1, 0.15) is 31.5 Å². The van der Waals surface area contributed by atoms with Crippen LogP contribution in [-0.4, -0.2) is 37.3 Å². The Kier molecular flexibility index (Phi) is 5.31. The van der Waals surface area contributed by atoms with E-state index in [4.69, 9.17) is 19.2 Å². The summed E-state index contributed by atoms with van der Waals surface area (Å²) in [5, 5.41) is 0. The highest BCUT2D eigenvalue weighted by Gasteiger charge is 2.26.